The van der Waals surface area contributed by atoms with Gasteiger partial charge in [0.05, 0.1) is 18.2 Å². The summed E-state index contributed by atoms with van der Waals surface area (Å²) in [6, 6.07) is 14.2. The van der Waals surface area contributed by atoms with E-state index in [9.17, 15) is 9.59 Å². The Morgan fingerprint density at radius 3 is 2.42 bits per heavy atom. The molecule has 2 aromatic carbocycles. The molecule has 0 bridgehead atoms. The summed E-state index contributed by atoms with van der Waals surface area (Å²) >= 11 is 0. The highest BCUT2D eigenvalue weighted by atomic mass is 16.5. The second-order valence-electron chi connectivity index (χ2n) is 9.81. The molecule has 36 heavy (non-hydrogen) atoms. The highest BCUT2D eigenvalue weighted by Crippen LogP contribution is 2.41. The zero-order chi connectivity index (χ0) is 25.6. The third-order valence-electron chi connectivity index (χ3n) is 7.05. The molecule has 1 saturated heterocycles. The summed E-state index contributed by atoms with van der Waals surface area (Å²) in [6.07, 6.45) is 1.87. The number of nitrogens with zero attached hydrogens (tertiary/aromatic N) is 1. The first-order valence-electron chi connectivity index (χ1n) is 12.3. The molecule has 1 fully saturated rings. The number of aromatic amines is 1. The summed E-state index contributed by atoms with van der Waals surface area (Å²) in [6.45, 7) is 9.40. The van der Waals surface area contributed by atoms with E-state index in [1.165, 1.54) is 0 Å². The van der Waals surface area contributed by atoms with E-state index >= 15 is 0 Å². The summed E-state index contributed by atoms with van der Waals surface area (Å²) in [5.41, 5.74) is 7.28. The van der Waals surface area contributed by atoms with Gasteiger partial charge in [0.15, 0.2) is 0 Å². The quantitative estimate of drug-likeness (QED) is 0.472. The topological polar surface area (TPSA) is 86.5 Å². The summed E-state index contributed by atoms with van der Waals surface area (Å²) in [5.74, 6) is 0.649. The van der Waals surface area contributed by atoms with E-state index in [-0.39, 0.29) is 23.9 Å². The largest absolute Gasteiger partial charge is 0.497 e. The fraction of sp³-hybridized carbons (Fsp3) is 0.310. The van der Waals surface area contributed by atoms with Crippen LogP contribution in [0.15, 0.2) is 42.5 Å². The second-order valence-corrected chi connectivity index (χ2v) is 9.81. The lowest BCUT2D eigenvalue weighted by atomic mass is 9.94. The van der Waals surface area contributed by atoms with Gasteiger partial charge in [-0.05, 0) is 68.7 Å². The standard InChI is InChI=1S/C29H32N4O3/c1-16-14-33(15-17(2)30-16)29(35)26-18(3)25(31-19(26)4)13-23-27-22(7-6-8-24(27)32-28(23)34)20-9-11-21(36-5)12-10-20/h6-13,16-17,30-31H,14-15H2,1-5H3,(H,32,34). The van der Waals surface area contributed by atoms with Crippen molar-refractivity contribution >= 4 is 29.2 Å². The highest BCUT2D eigenvalue weighted by Gasteiger charge is 2.31. The molecule has 3 aromatic rings. The van der Waals surface area contributed by atoms with Crippen LogP contribution in [0.1, 0.15) is 46.7 Å². The predicted molar refractivity (Wildman–Crippen MR) is 143 cm³/mol. The molecule has 2 atom stereocenters. The number of amides is 2. The fourth-order valence-electron chi connectivity index (χ4n) is 5.43. The molecule has 0 aliphatic carbocycles. The maximum Gasteiger partial charge on any atom is 0.256 e. The Hall–Kier alpha value is -3.84. The van der Waals surface area contributed by atoms with Crippen molar-refractivity contribution in [2.24, 2.45) is 0 Å². The Bertz CT molecular complexity index is 1360. The molecule has 7 nitrogen and oxygen atoms in total. The average molecular weight is 485 g/mol. The first-order chi connectivity index (χ1) is 17.3. The lowest BCUT2D eigenvalue weighted by molar-refractivity contribution is -0.110. The van der Waals surface area contributed by atoms with Gasteiger partial charge in [-0.3, -0.25) is 9.59 Å². The van der Waals surface area contributed by atoms with E-state index in [1.54, 1.807) is 7.11 Å². The van der Waals surface area contributed by atoms with Crippen LogP contribution < -0.4 is 15.4 Å². The number of rotatable bonds is 4. The lowest BCUT2D eigenvalue weighted by Crippen LogP contribution is -2.55. The first-order valence-corrected chi connectivity index (χ1v) is 12.3. The Labute approximate surface area is 211 Å². The Morgan fingerprint density at radius 1 is 1.06 bits per heavy atom. The van der Waals surface area contributed by atoms with Crippen LogP contribution in [0, 0.1) is 13.8 Å². The third-order valence-corrected chi connectivity index (χ3v) is 7.05. The number of H-pyrrole nitrogens is 1. The second kappa shape index (κ2) is 9.32. The number of ether oxygens (including phenoxy) is 1. The number of fused-ring (bicyclic) bond motifs is 1. The minimum absolute atomic E-state index is 0.0290. The Morgan fingerprint density at radius 2 is 1.75 bits per heavy atom. The SMILES string of the molecule is COc1ccc(-c2cccc3c2C(=Cc2[nH]c(C)c(C(=O)N4CC(C)NC(C)C4)c2C)C(=O)N3)cc1. The number of carbonyl (C=O) groups excluding carboxylic acids is 2. The molecule has 5 rings (SSSR count). The molecular formula is C29H32N4O3. The number of hydrogen-bond donors (Lipinski definition) is 3. The lowest BCUT2D eigenvalue weighted by Gasteiger charge is -2.36. The number of aromatic nitrogens is 1. The van der Waals surface area contributed by atoms with Crippen molar-refractivity contribution in [3.63, 3.8) is 0 Å². The fourth-order valence-corrected chi connectivity index (χ4v) is 5.43. The highest BCUT2D eigenvalue weighted by molar-refractivity contribution is 6.36. The van der Waals surface area contributed by atoms with Crippen LogP contribution in [0.5, 0.6) is 5.75 Å². The molecule has 2 aliphatic rings. The van der Waals surface area contributed by atoms with E-state index in [2.05, 4.69) is 29.5 Å². The normalized spacial score (nSPS) is 20.4. The van der Waals surface area contributed by atoms with Crippen molar-refractivity contribution in [1.29, 1.82) is 0 Å². The van der Waals surface area contributed by atoms with Gasteiger partial charge < -0.3 is 25.3 Å². The van der Waals surface area contributed by atoms with Crippen LogP contribution in [-0.4, -0.2) is 54.0 Å². The number of aryl methyl sites for hydroxylation is 1. The van der Waals surface area contributed by atoms with Gasteiger partial charge in [-0.25, -0.2) is 0 Å². The Kier molecular flexibility index (Phi) is 6.18. The summed E-state index contributed by atoms with van der Waals surface area (Å²) in [4.78, 5) is 31.9. The van der Waals surface area contributed by atoms with Crippen molar-refractivity contribution in [3.8, 4) is 16.9 Å². The molecule has 7 heteroatoms. The van der Waals surface area contributed by atoms with Gasteiger partial charge in [0.25, 0.3) is 11.8 Å². The van der Waals surface area contributed by atoms with Crippen molar-refractivity contribution in [2.45, 2.75) is 39.8 Å². The minimum atomic E-state index is -0.157. The van der Waals surface area contributed by atoms with Gasteiger partial charge in [-0.15, -0.1) is 0 Å². The number of nitrogens with one attached hydrogen (secondary N) is 3. The molecule has 0 spiro atoms. The van der Waals surface area contributed by atoms with Gasteiger partial charge >= 0.3 is 0 Å². The maximum absolute atomic E-state index is 13.5. The number of piperazine rings is 1. The van der Waals surface area contributed by atoms with Gasteiger partial charge in [0.1, 0.15) is 5.75 Å². The first kappa shape index (κ1) is 23.9. The number of carbonyl (C=O) groups is 2. The molecule has 2 aliphatic heterocycles. The monoisotopic (exact) mass is 484 g/mol. The Balaban J connectivity index is 1.54. The zero-order valence-corrected chi connectivity index (χ0v) is 21.4. The molecule has 3 heterocycles. The smallest absolute Gasteiger partial charge is 0.256 e. The van der Waals surface area contributed by atoms with Crippen LogP contribution in [0.25, 0.3) is 22.8 Å². The van der Waals surface area contributed by atoms with Crippen LogP contribution >= 0.6 is 0 Å². The van der Waals surface area contributed by atoms with Crippen LogP contribution in [0.3, 0.4) is 0 Å². The van der Waals surface area contributed by atoms with Crippen molar-refractivity contribution in [2.75, 3.05) is 25.5 Å². The van der Waals surface area contributed by atoms with Crippen molar-refractivity contribution < 1.29 is 14.3 Å². The third kappa shape index (κ3) is 4.20. The van der Waals surface area contributed by atoms with Crippen LogP contribution in [-0.2, 0) is 4.79 Å². The van der Waals surface area contributed by atoms with Crippen molar-refractivity contribution in [1.82, 2.24) is 15.2 Å². The van der Waals surface area contributed by atoms with Gasteiger partial charge in [0.2, 0.25) is 0 Å². The molecule has 0 radical (unpaired) electrons. The van der Waals surface area contributed by atoms with E-state index in [0.29, 0.717) is 24.2 Å². The van der Waals surface area contributed by atoms with Gasteiger partial charge in [-0.1, -0.05) is 24.3 Å². The van der Waals surface area contributed by atoms with E-state index < -0.39 is 0 Å². The van der Waals surface area contributed by atoms with Gasteiger partial charge in [0, 0.05) is 47.8 Å². The molecule has 1 aromatic heterocycles. The summed E-state index contributed by atoms with van der Waals surface area (Å²) < 4.78 is 5.30. The number of anilines is 1. The van der Waals surface area contributed by atoms with E-state index in [0.717, 1.165) is 45.1 Å². The minimum Gasteiger partial charge on any atom is -0.497 e. The van der Waals surface area contributed by atoms with E-state index in [4.69, 9.17) is 4.74 Å². The average Bonchev–Trinajstić information content (AvgIpc) is 3.32. The van der Waals surface area contributed by atoms with E-state index in [1.807, 2.05) is 67.3 Å². The molecular weight excluding hydrogens is 452 g/mol. The van der Waals surface area contributed by atoms with Crippen molar-refractivity contribution in [3.05, 3.63) is 70.5 Å². The zero-order valence-electron chi connectivity index (χ0n) is 21.4. The van der Waals surface area contributed by atoms with Gasteiger partial charge in [-0.2, -0.15) is 0 Å². The molecule has 2 amide bonds. The summed E-state index contributed by atoms with van der Waals surface area (Å²) in [5, 5.41) is 6.47. The molecule has 3 N–H and O–H groups in total. The summed E-state index contributed by atoms with van der Waals surface area (Å²) in [7, 11) is 1.64. The number of methoxy groups -OCH3 is 1. The number of hydrogen-bond acceptors (Lipinski definition) is 4. The molecule has 2 unspecified atom stereocenters. The number of benzene rings is 2. The molecule has 0 saturated carbocycles. The maximum atomic E-state index is 13.5. The van der Waals surface area contributed by atoms with Crippen LogP contribution in [0.2, 0.25) is 0 Å². The van der Waals surface area contributed by atoms with Crippen LogP contribution in [0.4, 0.5) is 5.69 Å². The predicted octanol–water partition coefficient (Wildman–Crippen LogP) is 4.62. The molecule has 186 valence electrons.